The Kier molecular flexibility index (Phi) is 9.30. The summed E-state index contributed by atoms with van der Waals surface area (Å²) in [6.45, 7) is 6.84. The van der Waals surface area contributed by atoms with Crippen LogP contribution < -0.4 is 20.3 Å². The van der Waals surface area contributed by atoms with E-state index in [0.717, 1.165) is 43.2 Å². The van der Waals surface area contributed by atoms with Gasteiger partial charge in [-0.1, -0.05) is 30.9 Å². The molecule has 0 amide bonds. The summed E-state index contributed by atoms with van der Waals surface area (Å²) >= 11 is 0. The molecule has 29 heavy (non-hydrogen) atoms. The van der Waals surface area contributed by atoms with Crippen LogP contribution in [0.5, 0.6) is 5.75 Å². The maximum absolute atomic E-state index is 5.73. The van der Waals surface area contributed by atoms with Crippen LogP contribution in [0.2, 0.25) is 0 Å². The lowest BCUT2D eigenvalue weighted by Gasteiger charge is -2.34. The smallest absolute Gasteiger partial charge is 0.191 e. The second kappa shape index (κ2) is 11.7. The Balaban J connectivity index is 0.00000300. The third kappa shape index (κ3) is 6.66. The van der Waals surface area contributed by atoms with Gasteiger partial charge in [0, 0.05) is 51.5 Å². The average Bonchev–Trinajstić information content (AvgIpc) is 3.16. The molecule has 8 heteroatoms. The molecule has 7 nitrogen and oxygen atoms in total. The largest absolute Gasteiger partial charge is 0.489 e. The predicted octanol–water partition coefficient (Wildman–Crippen LogP) is 2.94. The zero-order chi connectivity index (χ0) is 19.8. The van der Waals surface area contributed by atoms with E-state index in [-0.39, 0.29) is 24.0 Å². The van der Waals surface area contributed by atoms with E-state index in [1.54, 1.807) is 13.1 Å². The zero-order valence-corrected chi connectivity index (χ0v) is 19.5. The molecule has 158 valence electrons. The summed E-state index contributed by atoms with van der Waals surface area (Å²) in [5.41, 5.74) is 2.26. The molecule has 0 spiro atoms. The van der Waals surface area contributed by atoms with Crippen molar-refractivity contribution in [3.8, 4) is 5.75 Å². The summed E-state index contributed by atoms with van der Waals surface area (Å²) in [4.78, 5) is 6.77. The fourth-order valence-corrected chi connectivity index (χ4v) is 3.41. The lowest BCUT2D eigenvalue weighted by molar-refractivity contribution is 0.358. The third-order valence-electron chi connectivity index (χ3n) is 4.82. The number of hydrogen-bond donors (Lipinski definition) is 2. The molecule has 0 aliphatic carbocycles. The van der Waals surface area contributed by atoms with Crippen molar-refractivity contribution in [2.75, 3.05) is 31.6 Å². The summed E-state index contributed by atoms with van der Waals surface area (Å²) in [5, 5.41) is 11.3. The number of guanidine groups is 1. The zero-order valence-electron chi connectivity index (χ0n) is 17.2. The lowest BCUT2D eigenvalue weighted by atomic mass is 10.1. The van der Waals surface area contributed by atoms with Crippen LogP contribution in [-0.2, 0) is 13.6 Å². The van der Waals surface area contributed by atoms with Crippen molar-refractivity contribution in [3.63, 3.8) is 0 Å². The highest BCUT2D eigenvalue weighted by Gasteiger charge is 2.21. The van der Waals surface area contributed by atoms with Crippen molar-refractivity contribution in [1.82, 2.24) is 20.4 Å². The molecule has 1 unspecified atom stereocenters. The topological polar surface area (TPSA) is 66.7 Å². The van der Waals surface area contributed by atoms with Gasteiger partial charge in [0.15, 0.2) is 5.96 Å². The molecular weight excluding hydrogens is 479 g/mol. The number of aryl methyl sites for hydroxylation is 1. The number of anilines is 1. The van der Waals surface area contributed by atoms with E-state index >= 15 is 0 Å². The van der Waals surface area contributed by atoms with Gasteiger partial charge in [-0.05, 0) is 18.9 Å². The van der Waals surface area contributed by atoms with Gasteiger partial charge in [0.1, 0.15) is 12.4 Å². The Morgan fingerprint density at radius 2 is 2.24 bits per heavy atom. The van der Waals surface area contributed by atoms with Crippen LogP contribution in [0.15, 0.2) is 54.3 Å². The predicted molar refractivity (Wildman–Crippen MR) is 129 cm³/mol. The van der Waals surface area contributed by atoms with E-state index in [9.17, 15) is 0 Å². The molecule has 2 aromatic rings. The Morgan fingerprint density at radius 1 is 1.41 bits per heavy atom. The van der Waals surface area contributed by atoms with Crippen LogP contribution >= 0.6 is 24.0 Å². The molecule has 1 aliphatic rings. The van der Waals surface area contributed by atoms with Crippen LogP contribution in [-0.4, -0.2) is 48.5 Å². The van der Waals surface area contributed by atoms with E-state index in [0.29, 0.717) is 19.2 Å². The number of nitrogens with zero attached hydrogens (tertiary/aromatic N) is 4. The van der Waals surface area contributed by atoms with Crippen LogP contribution in [0.1, 0.15) is 18.4 Å². The number of piperidine rings is 1. The number of ether oxygens (including phenoxy) is 1. The highest BCUT2D eigenvalue weighted by molar-refractivity contribution is 14.0. The first-order valence-electron chi connectivity index (χ1n) is 9.72. The molecule has 1 saturated heterocycles. The summed E-state index contributed by atoms with van der Waals surface area (Å²) in [6, 6.07) is 8.37. The van der Waals surface area contributed by atoms with E-state index < -0.39 is 0 Å². The first-order valence-corrected chi connectivity index (χ1v) is 9.72. The number of aliphatic imine (C=N–C) groups is 1. The average molecular weight is 510 g/mol. The van der Waals surface area contributed by atoms with Crippen molar-refractivity contribution >= 4 is 35.6 Å². The second-order valence-electron chi connectivity index (χ2n) is 6.93. The van der Waals surface area contributed by atoms with Crippen molar-refractivity contribution in [2.24, 2.45) is 12.0 Å². The van der Waals surface area contributed by atoms with E-state index in [2.05, 4.69) is 44.5 Å². The first kappa shape index (κ1) is 23.1. The van der Waals surface area contributed by atoms with Crippen LogP contribution in [0, 0.1) is 0 Å². The van der Waals surface area contributed by atoms with Gasteiger partial charge in [-0.15, -0.1) is 24.0 Å². The molecule has 0 radical (unpaired) electrons. The van der Waals surface area contributed by atoms with Crippen molar-refractivity contribution in [3.05, 3.63) is 54.9 Å². The molecule has 2 heterocycles. The molecule has 1 fully saturated rings. The maximum Gasteiger partial charge on any atom is 0.191 e. The molecule has 0 bridgehead atoms. The molecule has 1 atom stereocenters. The summed E-state index contributed by atoms with van der Waals surface area (Å²) < 4.78 is 7.58. The fourth-order valence-electron chi connectivity index (χ4n) is 3.41. The van der Waals surface area contributed by atoms with Crippen LogP contribution in [0.25, 0.3) is 0 Å². The van der Waals surface area contributed by atoms with Crippen LogP contribution in [0.4, 0.5) is 5.69 Å². The normalized spacial score (nSPS) is 16.7. The molecule has 0 saturated carbocycles. The van der Waals surface area contributed by atoms with E-state index in [1.165, 1.54) is 5.69 Å². The number of rotatable bonds is 7. The SMILES string of the molecule is C=CCOc1ccccc1CNC(=NC)NC1CCCN(c2cnn(C)c2)C1.I. The van der Waals surface area contributed by atoms with Gasteiger partial charge in [-0.2, -0.15) is 5.10 Å². The number of hydrogen-bond acceptors (Lipinski definition) is 4. The van der Waals surface area contributed by atoms with Crippen molar-refractivity contribution < 1.29 is 4.74 Å². The van der Waals surface area contributed by atoms with Gasteiger partial charge in [0.25, 0.3) is 0 Å². The highest BCUT2D eigenvalue weighted by Crippen LogP contribution is 2.19. The van der Waals surface area contributed by atoms with E-state index in [1.807, 2.05) is 36.1 Å². The molecule has 1 aliphatic heterocycles. The fraction of sp³-hybridized carbons (Fsp3) is 0.429. The van der Waals surface area contributed by atoms with Crippen LogP contribution in [0.3, 0.4) is 0 Å². The van der Waals surface area contributed by atoms with Crippen molar-refractivity contribution in [2.45, 2.75) is 25.4 Å². The third-order valence-corrected chi connectivity index (χ3v) is 4.82. The van der Waals surface area contributed by atoms with E-state index in [4.69, 9.17) is 4.74 Å². The van der Waals surface area contributed by atoms with Gasteiger partial charge >= 0.3 is 0 Å². The Hall–Kier alpha value is -2.23. The maximum atomic E-state index is 5.73. The number of halogens is 1. The summed E-state index contributed by atoms with van der Waals surface area (Å²) in [5.74, 6) is 1.67. The van der Waals surface area contributed by atoms with Gasteiger partial charge in [0.05, 0.1) is 11.9 Å². The minimum Gasteiger partial charge on any atom is -0.489 e. The Labute approximate surface area is 190 Å². The van der Waals surface area contributed by atoms with Crippen molar-refractivity contribution in [1.29, 1.82) is 0 Å². The number of aromatic nitrogens is 2. The number of nitrogens with one attached hydrogen (secondary N) is 2. The summed E-state index contributed by atoms with van der Waals surface area (Å²) in [7, 11) is 3.75. The lowest BCUT2D eigenvalue weighted by Crippen LogP contribution is -2.51. The monoisotopic (exact) mass is 510 g/mol. The Morgan fingerprint density at radius 3 is 2.97 bits per heavy atom. The van der Waals surface area contributed by atoms with Gasteiger partial charge in [-0.25, -0.2) is 0 Å². The summed E-state index contributed by atoms with van der Waals surface area (Å²) in [6.07, 6.45) is 8.01. The first-order chi connectivity index (χ1) is 13.7. The molecule has 2 N–H and O–H groups in total. The van der Waals surface area contributed by atoms with Gasteiger partial charge < -0.3 is 20.3 Å². The molecular formula is C21H31IN6O. The molecule has 1 aromatic carbocycles. The quantitative estimate of drug-likeness (QED) is 0.260. The second-order valence-corrected chi connectivity index (χ2v) is 6.93. The van der Waals surface area contributed by atoms with Gasteiger partial charge in [0.2, 0.25) is 0 Å². The minimum atomic E-state index is 0. The highest BCUT2D eigenvalue weighted by atomic mass is 127. The minimum absolute atomic E-state index is 0. The van der Waals surface area contributed by atoms with Gasteiger partial charge in [-0.3, -0.25) is 9.67 Å². The number of para-hydroxylation sites is 1. The standard InChI is InChI=1S/C21H30N6O.HI/c1-4-12-28-20-10-6-5-8-17(20)13-23-21(22-2)25-18-9-7-11-27(15-18)19-14-24-26(3)16-19;/h4-6,8,10,14,16,18H,1,7,9,11-13,15H2,2-3H3,(H2,22,23,25);1H. The molecule has 1 aromatic heterocycles. The Bertz CT molecular complexity index is 806. The molecule has 3 rings (SSSR count). The number of benzene rings is 1.